The summed E-state index contributed by atoms with van der Waals surface area (Å²) in [7, 11) is -2.94. The van der Waals surface area contributed by atoms with Gasteiger partial charge in [-0.05, 0) is 36.4 Å². The SMILES string of the molecule is CC(=O)Nc1ccc(S(=O)(=O)N(C)CC(=O)Nc2ccccc2C(F)(F)F)cc1. The first-order valence-electron chi connectivity index (χ1n) is 8.21. The first-order valence-corrected chi connectivity index (χ1v) is 9.65. The molecule has 0 aliphatic rings. The molecular formula is C18H18F3N3O4S. The van der Waals surface area contributed by atoms with Gasteiger partial charge in [0.2, 0.25) is 21.8 Å². The van der Waals surface area contributed by atoms with E-state index < -0.39 is 39.9 Å². The van der Waals surface area contributed by atoms with Crippen molar-refractivity contribution in [1.82, 2.24) is 4.31 Å². The van der Waals surface area contributed by atoms with E-state index in [1.165, 1.54) is 43.3 Å². The molecule has 0 saturated heterocycles. The van der Waals surface area contributed by atoms with Crippen LogP contribution in [-0.4, -0.2) is 38.1 Å². The molecule has 0 radical (unpaired) electrons. The third-order valence-electron chi connectivity index (χ3n) is 3.76. The largest absolute Gasteiger partial charge is 0.418 e. The van der Waals surface area contributed by atoms with Crippen LogP contribution in [0.15, 0.2) is 53.4 Å². The second-order valence-electron chi connectivity index (χ2n) is 6.06. The summed E-state index contributed by atoms with van der Waals surface area (Å²) >= 11 is 0. The Labute approximate surface area is 165 Å². The van der Waals surface area contributed by atoms with Gasteiger partial charge in [0.25, 0.3) is 0 Å². The first kappa shape index (κ1) is 22.4. The van der Waals surface area contributed by atoms with Crippen LogP contribution in [0.4, 0.5) is 24.5 Å². The standard InChI is InChI=1S/C18H18F3N3O4S/c1-12(25)22-13-7-9-14(10-8-13)29(27,28)24(2)11-17(26)23-16-6-4-3-5-15(16)18(19,20)21/h3-10H,11H2,1-2H3,(H,22,25)(H,23,26). The fraction of sp³-hybridized carbons (Fsp3) is 0.222. The van der Waals surface area contributed by atoms with Crippen LogP contribution < -0.4 is 10.6 Å². The van der Waals surface area contributed by atoms with Gasteiger partial charge in [-0.3, -0.25) is 9.59 Å². The number of carbonyl (C=O) groups excluding carboxylic acids is 2. The number of amides is 2. The van der Waals surface area contributed by atoms with Crippen LogP contribution in [0.3, 0.4) is 0 Å². The zero-order valence-corrected chi connectivity index (χ0v) is 16.3. The number of halogens is 3. The minimum absolute atomic E-state index is 0.141. The average Bonchev–Trinajstić information content (AvgIpc) is 2.61. The lowest BCUT2D eigenvalue weighted by molar-refractivity contribution is -0.137. The van der Waals surface area contributed by atoms with Crippen molar-refractivity contribution in [1.29, 1.82) is 0 Å². The summed E-state index contributed by atoms with van der Waals surface area (Å²) in [6.45, 7) is 0.607. The molecule has 0 bridgehead atoms. The molecule has 0 spiro atoms. The highest BCUT2D eigenvalue weighted by Gasteiger charge is 2.33. The molecule has 0 aliphatic heterocycles. The Morgan fingerprint density at radius 1 is 1.00 bits per heavy atom. The Hall–Kier alpha value is -2.92. The van der Waals surface area contributed by atoms with Gasteiger partial charge in [-0.2, -0.15) is 17.5 Å². The Bertz CT molecular complexity index is 1010. The molecule has 156 valence electrons. The quantitative estimate of drug-likeness (QED) is 0.738. The number of hydrogen-bond donors (Lipinski definition) is 2. The molecule has 0 atom stereocenters. The number of anilines is 2. The Morgan fingerprint density at radius 2 is 1.59 bits per heavy atom. The van der Waals surface area contributed by atoms with Crippen molar-refractivity contribution in [2.24, 2.45) is 0 Å². The normalized spacial score (nSPS) is 11.9. The van der Waals surface area contributed by atoms with Crippen molar-refractivity contribution >= 4 is 33.2 Å². The van der Waals surface area contributed by atoms with Crippen LogP contribution >= 0.6 is 0 Å². The van der Waals surface area contributed by atoms with Crippen LogP contribution in [0.1, 0.15) is 12.5 Å². The maximum Gasteiger partial charge on any atom is 0.418 e. The zero-order valence-electron chi connectivity index (χ0n) is 15.4. The lowest BCUT2D eigenvalue weighted by Gasteiger charge is -2.18. The van der Waals surface area contributed by atoms with Crippen LogP contribution in [-0.2, 0) is 25.8 Å². The molecule has 29 heavy (non-hydrogen) atoms. The van der Waals surface area contributed by atoms with Crippen molar-refractivity contribution < 1.29 is 31.2 Å². The molecule has 2 aromatic rings. The summed E-state index contributed by atoms with van der Waals surface area (Å²) in [4.78, 5) is 23.0. The molecule has 0 saturated carbocycles. The number of rotatable bonds is 6. The predicted molar refractivity (Wildman–Crippen MR) is 101 cm³/mol. The van der Waals surface area contributed by atoms with E-state index in [0.717, 1.165) is 19.2 Å². The molecule has 0 fully saturated rings. The van der Waals surface area contributed by atoms with Crippen LogP contribution in [0.2, 0.25) is 0 Å². The first-order chi connectivity index (χ1) is 13.4. The molecule has 7 nitrogen and oxygen atoms in total. The molecule has 2 N–H and O–H groups in total. The third kappa shape index (κ3) is 5.78. The van der Waals surface area contributed by atoms with Crippen LogP contribution in [0.25, 0.3) is 0 Å². The zero-order chi connectivity index (χ0) is 21.8. The average molecular weight is 429 g/mol. The second-order valence-corrected chi connectivity index (χ2v) is 8.10. The van der Waals surface area contributed by atoms with E-state index in [0.29, 0.717) is 9.99 Å². The number of sulfonamides is 1. The van der Waals surface area contributed by atoms with E-state index in [2.05, 4.69) is 10.6 Å². The molecule has 2 rings (SSSR count). The lowest BCUT2D eigenvalue weighted by Crippen LogP contribution is -2.35. The highest BCUT2D eigenvalue weighted by atomic mass is 32.2. The highest BCUT2D eigenvalue weighted by Crippen LogP contribution is 2.34. The van der Waals surface area contributed by atoms with Crippen molar-refractivity contribution in [2.75, 3.05) is 24.2 Å². The van der Waals surface area contributed by atoms with Crippen molar-refractivity contribution in [3.63, 3.8) is 0 Å². The summed E-state index contributed by atoms with van der Waals surface area (Å²) in [5.74, 6) is -1.25. The summed E-state index contributed by atoms with van der Waals surface area (Å²) in [5, 5.41) is 4.58. The van der Waals surface area contributed by atoms with Crippen molar-refractivity contribution in [2.45, 2.75) is 18.0 Å². The molecule has 0 aromatic heterocycles. The van der Waals surface area contributed by atoms with E-state index in [9.17, 15) is 31.2 Å². The van der Waals surface area contributed by atoms with Crippen molar-refractivity contribution in [3.05, 3.63) is 54.1 Å². The minimum Gasteiger partial charge on any atom is -0.326 e. The number of para-hydroxylation sites is 1. The maximum atomic E-state index is 13.0. The van der Waals surface area contributed by atoms with E-state index >= 15 is 0 Å². The number of nitrogens with zero attached hydrogens (tertiary/aromatic N) is 1. The summed E-state index contributed by atoms with van der Waals surface area (Å²) in [6, 6.07) is 9.63. The van der Waals surface area contributed by atoms with Gasteiger partial charge >= 0.3 is 6.18 Å². The highest BCUT2D eigenvalue weighted by molar-refractivity contribution is 7.89. The van der Waals surface area contributed by atoms with E-state index in [1.54, 1.807) is 0 Å². The predicted octanol–water partition coefficient (Wildman–Crippen LogP) is 2.92. The van der Waals surface area contributed by atoms with Gasteiger partial charge < -0.3 is 10.6 Å². The number of carbonyl (C=O) groups is 2. The van der Waals surface area contributed by atoms with Gasteiger partial charge in [-0.1, -0.05) is 12.1 Å². The smallest absolute Gasteiger partial charge is 0.326 e. The summed E-state index contributed by atoms with van der Waals surface area (Å²) < 4.78 is 64.8. The minimum atomic E-state index is -4.67. The number of benzene rings is 2. The van der Waals surface area contributed by atoms with Gasteiger partial charge in [0.1, 0.15) is 0 Å². The van der Waals surface area contributed by atoms with Crippen LogP contribution in [0, 0.1) is 0 Å². The van der Waals surface area contributed by atoms with Gasteiger partial charge in [0, 0.05) is 19.7 Å². The Balaban J connectivity index is 2.12. The molecule has 11 heteroatoms. The monoisotopic (exact) mass is 429 g/mol. The number of likely N-dealkylation sites (N-methyl/N-ethyl adjacent to an activating group) is 1. The fourth-order valence-corrected chi connectivity index (χ4v) is 3.54. The summed E-state index contributed by atoms with van der Waals surface area (Å²) in [6.07, 6.45) is -4.67. The van der Waals surface area contributed by atoms with E-state index in [1.807, 2.05) is 0 Å². The van der Waals surface area contributed by atoms with Gasteiger partial charge in [0.05, 0.1) is 22.7 Å². The van der Waals surface area contributed by atoms with Gasteiger partial charge in [0.15, 0.2) is 0 Å². The van der Waals surface area contributed by atoms with Crippen molar-refractivity contribution in [3.8, 4) is 0 Å². The van der Waals surface area contributed by atoms with Gasteiger partial charge in [-0.15, -0.1) is 0 Å². The molecule has 0 heterocycles. The van der Waals surface area contributed by atoms with E-state index in [4.69, 9.17) is 0 Å². The Kier molecular flexibility index (Phi) is 6.65. The molecule has 2 aromatic carbocycles. The van der Waals surface area contributed by atoms with E-state index in [-0.39, 0.29) is 10.8 Å². The maximum absolute atomic E-state index is 13.0. The third-order valence-corrected chi connectivity index (χ3v) is 5.57. The van der Waals surface area contributed by atoms with Gasteiger partial charge in [-0.25, -0.2) is 8.42 Å². The molecule has 0 unspecified atom stereocenters. The fourth-order valence-electron chi connectivity index (χ4n) is 2.41. The molecule has 0 aliphatic carbocycles. The number of hydrogen-bond acceptors (Lipinski definition) is 4. The number of alkyl halides is 3. The summed E-state index contributed by atoms with van der Waals surface area (Å²) in [5.41, 5.74) is -1.11. The van der Waals surface area contributed by atoms with Crippen LogP contribution in [0.5, 0.6) is 0 Å². The second kappa shape index (κ2) is 8.62. The Morgan fingerprint density at radius 3 is 2.14 bits per heavy atom. The molecule has 2 amide bonds. The lowest BCUT2D eigenvalue weighted by atomic mass is 10.1. The number of nitrogens with one attached hydrogen (secondary N) is 2. The molecular weight excluding hydrogens is 411 g/mol. The topological polar surface area (TPSA) is 95.6 Å².